The van der Waals surface area contributed by atoms with E-state index in [0.29, 0.717) is 24.5 Å². The van der Waals surface area contributed by atoms with Crippen molar-refractivity contribution in [3.63, 3.8) is 0 Å². The molecule has 2 aromatic heterocycles. The van der Waals surface area contributed by atoms with Crippen LogP contribution in [0.15, 0.2) is 10.9 Å². The number of carbonyl (C=O) groups is 2. The minimum atomic E-state index is -5.08. The van der Waals surface area contributed by atoms with Gasteiger partial charge in [0.2, 0.25) is 5.91 Å². The number of aryl methyl sites for hydroxylation is 2. The molecule has 154 valence electrons. The van der Waals surface area contributed by atoms with Gasteiger partial charge in [0, 0.05) is 36.0 Å². The highest BCUT2D eigenvalue weighted by Crippen LogP contribution is 2.14. The third kappa shape index (κ3) is 5.31. The maximum absolute atomic E-state index is 11.9. The number of amides is 1. The second kappa shape index (κ2) is 8.42. The van der Waals surface area contributed by atoms with Gasteiger partial charge in [-0.25, -0.2) is 14.3 Å². The van der Waals surface area contributed by atoms with Crippen molar-refractivity contribution in [2.75, 3.05) is 13.1 Å². The van der Waals surface area contributed by atoms with Gasteiger partial charge in [-0.15, -0.1) is 0 Å². The number of carboxylic acid groups (broad SMARTS) is 1. The van der Waals surface area contributed by atoms with Gasteiger partial charge < -0.3 is 15.7 Å². The van der Waals surface area contributed by atoms with Gasteiger partial charge >= 0.3 is 12.1 Å². The van der Waals surface area contributed by atoms with E-state index in [1.165, 1.54) is 6.07 Å². The van der Waals surface area contributed by atoms with Gasteiger partial charge in [-0.1, -0.05) is 0 Å². The van der Waals surface area contributed by atoms with Gasteiger partial charge in [-0.3, -0.25) is 14.7 Å². The molecular formula is C16H20F3N5O4. The first kappa shape index (κ1) is 21.4. The summed E-state index contributed by atoms with van der Waals surface area (Å²) in [5.41, 5.74) is 3.09. The molecule has 1 amide bonds. The molecule has 0 bridgehead atoms. The number of aromatic amines is 1. The summed E-state index contributed by atoms with van der Waals surface area (Å²) in [5.74, 6) is -2.25. The predicted molar refractivity (Wildman–Crippen MR) is 91.8 cm³/mol. The highest BCUT2D eigenvalue weighted by Gasteiger charge is 2.38. The molecule has 0 radical (unpaired) electrons. The summed E-state index contributed by atoms with van der Waals surface area (Å²) in [5, 5.41) is 15.9. The number of aromatic nitrogens is 3. The summed E-state index contributed by atoms with van der Waals surface area (Å²) < 4.78 is 33.4. The first-order valence-corrected chi connectivity index (χ1v) is 8.34. The van der Waals surface area contributed by atoms with Crippen LogP contribution < -0.4 is 16.2 Å². The fourth-order valence-electron chi connectivity index (χ4n) is 2.63. The Kier molecular flexibility index (Phi) is 6.44. The van der Waals surface area contributed by atoms with Crippen LogP contribution in [0, 0.1) is 19.8 Å². The van der Waals surface area contributed by atoms with Crippen LogP contribution in [0.3, 0.4) is 0 Å². The number of nitrogens with one attached hydrogen (secondary N) is 3. The van der Waals surface area contributed by atoms with Crippen molar-refractivity contribution in [1.82, 2.24) is 25.2 Å². The van der Waals surface area contributed by atoms with Gasteiger partial charge in [-0.05, 0) is 32.9 Å². The first-order valence-electron chi connectivity index (χ1n) is 8.34. The van der Waals surface area contributed by atoms with E-state index >= 15 is 0 Å². The van der Waals surface area contributed by atoms with Gasteiger partial charge in [0.1, 0.15) is 0 Å². The smallest absolute Gasteiger partial charge is 0.475 e. The molecular weight excluding hydrogens is 383 g/mol. The topological polar surface area (TPSA) is 129 Å². The number of aliphatic carboxylic acids is 1. The second-order valence-electron chi connectivity index (χ2n) is 6.38. The molecule has 4 N–H and O–H groups in total. The van der Waals surface area contributed by atoms with Crippen LogP contribution in [0.25, 0.3) is 5.65 Å². The highest BCUT2D eigenvalue weighted by molar-refractivity contribution is 5.76. The van der Waals surface area contributed by atoms with E-state index in [4.69, 9.17) is 9.90 Å². The Labute approximate surface area is 156 Å². The normalized spacial score (nSPS) is 14.2. The Hall–Kier alpha value is -2.89. The molecule has 0 unspecified atom stereocenters. The van der Waals surface area contributed by atoms with Crippen LogP contribution in [-0.2, 0) is 16.1 Å². The lowest BCUT2D eigenvalue weighted by Crippen LogP contribution is -2.44. The quantitative estimate of drug-likeness (QED) is 0.589. The van der Waals surface area contributed by atoms with E-state index in [1.807, 2.05) is 13.8 Å². The van der Waals surface area contributed by atoms with Gasteiger partial charge in [-0.2, -0.15) is 13.2 Å². The molecule has 0 saturated carbocycles. The third-order valence-corrected chi connectivity index (χ3v) is 4.25. The number of hydrogen-bond donors (Lipinski definition) is 4. The van der Waals surface area contributed by atoms with Gasteiger partial charge in [0.25, 0.3) is 5.56 Å². The van der Waals surface area contributed by atoms with Crippen LogP contribution in [0.5, 0.6) is 0 Å². The number of carboxylic acids is 1. The lowest BCUT2D eigenvalue weighted by Gasteiger charge is -2.26. The maximum atomic E-state index is 11.9. The minimum Gasteiger partial charge on any atom is -0.475 e. The zero-order valence-electron chi connectivity index (χ0n) is 15.2. The molecule has 0 aromatic carbocycles. The summed E-state index contributed by atoms with van der Waals surface area (Å²) in [4.78, 5) is 36.6. The number of alkyl halides is 3. The van der Waals surface area contributed by atoms with E-state index in [9.17, 15) is 22.8 Å². The largest absolute Gasteiger partial charge is 0.490 e. The zero-order chi connectivity index (χ0) is 21.1. The fraction of sp³-hybridized carbons (Fsp3) is 0.500. The Bertz CT molecular complexity index is 931. The molecule has 9 nitrogen and oxygen atoms in total. The summed E-state index contributed by atoms with van der Waals surface area (Å²) in [7, 11) is 0. The standard InChI is InChI=1S/C14H19N5O2.C2HF3O2/c1-8-11(7-16-13(20)3-10-5-15-6-10)9(2)19-12(17-8)4-14(21)18-19;3-2(4,5)1(6)7/h4,10,15H,3,5-7H2,1-2H3,(H,16,20)(H,18,21);(H,6,7). The van der Waals surface area contributed by atoms with Crippen molar-refractivity contribution in [3.05, 3.63) is 33.4 Å². The molecule has 3 heterocycles. The Balaban J connectivity index is 0.000000345. The van der Waals surface area contributed by atoms with E-state index in [1.54, 1.807) is 4.52 Å². The van der Waals surface area contributed by atoms with Crippen molar-refractivity contribution < 1.29 is 27.9 Å². The minimum absolute atomic E-state index is 0.0568. The number of H-pyrrole nitrogens is 1. The van der Waals surface area contributed by atoms with Crippen molar-refractivity contribution in [3.8, 4) is 0 Å². The molecule has 0 aliphatic carbocycles. The average molecular weight is 403 g/mol. The number of carbonyl (C=O) groups excluding carboxylic acids is 1. The van der Waals surface area contributed by atoms with Crippen molar-refractivity contribution in [2.45, 2.75) is 33.0 Å². The van der Waals surface area contributed by atoms with Crippen molar-refractivity contribution in [2.24, 2.45) is 5.92 Å². The summed E-state index contributed by atoms with van der Waals surface area (Å²) in [6.07, 6.45) is -4.53. The maximum Gasteiger partial charge on any atom is 0.490 e. The first-order chi connectivity index (χ1) is 13.0. The van der Waals surface area contributed by atoms with Crippen LogP contribution in [0.4, 0.5) is 13.2 Å². The van der Waals surface area contributed by atoms with Crippen LogP contribution in [-0.4, -0.2) is 50.8 Å². The molecule has 2 aromatic rings. The Morgan fingerprint density at radius 3 is 2.46 bits per heavy atom. The van der Waals surface area contributed by atoms with Crippen molar-refractivity contribution >= 4 is 17.5 Å². The SMILES string of the molecule is Cc1nc2cc(=O)[nH]n2c(C)c1CNC(=O)CC1CNC1.O=C(O)C(F)(F)F. The summed E-state index contributed by atoms with van der Waals surface area (Å²) >= 11 is 0. The van der Waals surface area contributed by atoms with E-state index in [0.717, 1.165) is 30.0 Å². The van der Waals surface area contributed by atoms with Gasteiger partial charge in [0.15, 0.2) is 5.65 Å². The monoisotopic (exact) mass is 403 g/mol. The Morgan fingerprint density at radius 1 is 1.36 bits per heavy atom. The van der Waals surface area contributed by atoms with Crippen LogP contribution >= 0.6 is 0 Å². The number of fused-ring (bicyclic) bond motifs is 1. The number of hydrogen-bond acceptors (Lipinski definition) is 5. The van der Waals surface area contributed by atoms with Crippen LogP contribution in [0.1, 0.15) is 23.4 Å². The molecule has 1 fully saturated rings. The molecule has 12 heteroatoms. The highest BCUT2D eigenvalue weighted by atomic mass is 19.4. The van der Waals surface area contributed by atoms with E-state index in [-0.39, 0.29) is 11.5 Å². The number of halogens is 3. The lowest BCUT2D eigenvalue weighted by atomic mass is 9.99. The van der Waals surface area contributed by atoms with Crippen LogP contribution in [0.2, 0.25) is 0 Å². The Morgan fingerprint density at radius 2 is 1.96 bits per heavy atom. The molecule has 1 aliphatic rings. The van der Waals surface area contributed by atoms with E-state index < -0.39 is 12.1 Å². The molecule has 0 atom stereocenters. The average Bonchev–Trinajstić information content (AvgIpc) is 2.91. The fourth-order valence-corrected chi connectivity index (χ4v) is 2.63. The van der Waals surface area contributed by atoms with Gasteiger partial charge in [0.05, 0.1) is 0 Å². The molecule has 28 heavy (non-hydrogen) atoms. The third-order valence-electron chi connectivity index (χ3n) is 4.25. The summed E-state index contributed by atoms with van der Waals surface area (Å²) in [6.45, 7) is 6.07. The summed E-state index contributed by atoms with van der Waals surface area (Å²) in [6, 6.07) is 1.46. The van der Waals surface area contributed by atoms with Crippen molar-refractivity contribution in [1.29, 1.82) is 0 Å². The zero-order valence-corrected chi connectivity index (χ0v) is 15.2. The predicted octanol–water partition coefficient (Wildman–Crippen LogP) is 0.498. The molecule has 1 aliphatic heterocycles. The number of nitrogens with zero attached hydrogens (tertiary/aromatic N) is 2. The molecule has 3 rings (SSSR count). The van der Waals surface area contributed by atoms with E-state index in [2.05, 4.69) is 20.7 Å². The molecule has 1 saturated heterocycles. The molecule has 0 spiro atoms. The lowest BCUT2D eigenvalue weighted by molar-refractivity contribution is -0.192. The number of rotatable bonds is 4. The second-order valence-corrected chi connectivity index (χ2v) is 6.38.